The van der Waals surface area contributed by atoms with E-state index >= 15 is 0 Å². The van der Waals surface area contributed by atoms with Gasteiger partial charge in [0.15, 0.2) is 0 Å². The summed E-state index contributed by atoms with van der Waals surface area (Å²) in [5.74, 6) is -0.332. The summed E-state index contributed by atoms with van der Waals surface area (Å²) in [4.78, 5) is 13.0. The van der Waals surface area contributed by atoms with Gasteiger partial charge in [0.25, 0.3) is 5.69 Å². The minimum absolute atomic E-state index is 0.191. The van der Waals surface area contributed by atoms with Gasteiger partial charge in [-0.1, -0.05) is 30.3 Å². The molecule has 0 bridgehead atoms. The Morgan fingerprint density at radius 2 is 1.81 bits per heavy atom. The SMILES string of the molecule is O=[N+]([O-])c1cc(NCC2(Cc3cccc(C(F)(F)F)c3)CCN(Cc3cccc(F)c3)C2)ccc1CO. The Balaban J connectivity index is 1.57. The molecule has 6 nitrogen and oxygen atoms in total. The number of hydrogen-bond donors (Lipinski definition) is 2. The van der Waals surface area contributed by atoms with Crippen molar-refractivity contribution in [1.82, 2.24) is 4.90 Å². The molecule has 1 fully saturated rings. The number of aliphatic hydroxyl groups excluding tert-OH is 1. The first kappa shape index (κ1) is 26.6. The van der Waals surface area contributed by atoms with Crippen molar-refractivity contribution in [3.05, 3.63) is 105 Å². The summed E-state index contributed by atoms with van der Waals surface area (Å²) in [7, 11) is 0. The zero-order chi connectivity index (χ0) is 26.6. The van der Waals surface area contributed by atoms with Crippen LogP contribution in [0.5, 0.6) is 0 Å². The molecule has 37 heavy (non-hydrogen) atoms. The Morgan fingerprint density at radius 3 is 2.51 bits per heavy atom. The maximum Gasteiger partial charge on any atom is 0.416 e. The normalized spacial score (nSPS) is 18.2. The Labute approximate surface area is 211 Å². The van der Waals surface area contributed by atoms with E-state index in [9.17, 15) is 32.8 Å². The smallest absolute Gasteiger partial charge is 0.391 e. The number of hydrogen-bond acceptors (Lipinski definition) is 5. The van der Waals surface area contributed by atoms with Crippen LogP contribution in [0.15, 0.2) is 66.7 Å². The Hall–Kier alpha value is -3.50. The minimum atomic E-state index is -4.45. The molecule has 1 aliphatic heterocycles. The Morgan fingerprint density at radius 1 is 1.05 bits per heavy atom. The van der Waals surface area contributed by atoms with Crippen LogP contribution in [0.1, 0.15) is 28.7 Å². The molecule has 2 N–H and O–H groups in total. The second-order valence-electron chi connectivity index (χ2n) is 9.58. The molecule has 0 aromatic heterocycles. The molecule has 0 saturated carbocycles. The molecular weight excluding hydrogens is 490 g/mol. The minimum Gasteiger partial charge on any atom is -0.391 e. The predicted molar refractivity (Wildman–Crippen MR) is 131 cm³/mol. The lowest BCUT2D eigenvalue weighted by molar-refractivity contribution is -0.385. The van der Waals surface area contributed by atoms with E-state index < -0.39 is 28.7 Å². The molecule has 4 rings (SSSR count). The zero-order valence-corrected chi connectivity index (χ0v) is 20.0. The summed E-state index contributed by atoms with van der Waals surface area (Å²) < 4.78 is 53.7. The summed E-state index contributed by atoms with van der Waals surface area (Å²) in [5, 5.41) is 24.0. The van der Waals surface area contributed by atoms with E-state index in [1.54, 1.807) is 18.2 Å². The van der Waals surface area contributed by atoms with Gasteiger partial charge in [-0.15, -0.1) is 0 Å². The topological polar surface area (TPSA) is 78.6 Å². The highest BCUT2D eigenvalue weighted by molar-refractivity contribution is 5.55. The number of nitrogens with zero attached hydrogens (tertiary/aromatic N) is 2. The molecule has 196 valence electrons. The molecule has 0 amide bonds. The average molecular weight is 518 g/mol. The number of alkyl halides is 3. The van der Waals surface area contributed by atoms with E-state index in [0.717, 1.165) is 17.7 Å². The summed E-state index contributed by atoms with van der Waals surface area (Å²) in [6.07, 6.45) is -3.42. The van der Waals surface area contributed by atoms with E-state index in [1.165, 1.54) is 30.3 Å². The lowest BCUT2D eigenvalue weighted by Gasteiger charge is -2.31. The number of aliphatic hydroxyl groups is 1. The van der Waals surface area contributed by atoms with Crippen molar-refractivity contribution < 1.29 is 27.6 Å². The van der Waals surface area contributed by atoms with Crippen molar-refractivity contribution in [3.8, 4) is 0 Å². The lowest BCUT2D eigenvalue weighted by Crippen LogP contribution is -2.35. The summed E-state index contributed by atoms with van der Waals surface area (Å²) in [5.41, 5.74) is 0.634. The number of nitrogens with one attached hydrogen (secondary N) is 1. The fourth-order valence-corrected chi connectivity index (χ4v) is 4.96. The highest BCUT2D eigenvalue weighted by atomic mass is 19.4. The van der Waals surface area contributed by atoms with Crippen molar-refractivity contribution in [2.45, 2.75) is 32.2 Å². The summed E-state index contributed by atoms with van der Waals surface area (Å²) >= 11 is 0. The molecule has 1 unspecified atom stereocenters. The molecule has 0 aliphatic carbocycles. The molecule has 1 aliphatic rings. The van der Waals surface area contributed by atoms with Crippen LogP contribution in [-0.2, 0) is 25.7 Å². The summed E-state index contributed by atoms with van der Waals surface area (Å²) in [6.45, 7) is 1.60. The molecule has 10 heteroatoms. The molecule has 3 aromatic rings. The number of anilines is 1. The first-order valence-corrected chi connectivity index (χ1v) is 11.8. The lowest BCUT2D eigenvalue weighted by atomic mass is 9.80. The molecule has 0 spiro atoms. The van der Waals surface area contributed by atoms with Gasteiger partial charge in [0.1, 0.15) is 5.82 Å². The average Bonchev–Trinajstić information content (AvgIpc) is 3.24. The van der Waals surface area contributed by atoms with Crippen LogP contribution >= 0.6 is 0 Å². The van der Waals surface area contributed by atoms with Gasteiger partial charge >= 0.3 is 6.18 Å². The molecule has 1 heterocycles. The Kier molecular flexibility index (Phi) is 7.79. The number of benzene rings is 3. The zero-order valence-electron chi connectivity index (χ0n) is 20.0. The number of nitro benzene ring substituents is 1. The second kappa shape index (κ2) is 10.9. The third-order valence-electron chi connectivity index (χ3n) is 6.77. The maximum atomic E-state index is 13.7. The predicted octanol–water partition coefficient (Wildman–Crippen LogP) is 5.79. The Bertz CT molecular complexity index is 1270. The van der Waals surface area contributed by atoms with Crippen molar-refractivity contribution in [3.63, 3.8) is 0 Å². The van der Waals surface area contributed by atoms with Crippen LogP contribution < -0.4 is 5.32 Å². The third-order valence-corrected chi connectivity index (χ3v) is 6.77. The number of halogens is 4. The molecule has 3 aromatic carbocycles. The van der Waals surface area contributed by atoms with Gasteiger partial charge in [-0.3, -0.25) is 15.0 Å². The van der Waals surface area contributed by atoms with Gasteiger partial charge in [-0.2, -0.15) is 13.2 Å². The highest BCUT2D eigenvalue weighted by Crippen LogP contribution is 2.37. The number of likely N-dealkylation sites (tertiary alicyclic amines) is 1. The fourth-order valence-electron chi connectivity index (χ4n) is 4.96. The van der Waals surface area contributed by atoms with Crippen LogP contribution in [0.4, 0.5) is 28.9 Å². The van der Waals surface area contributed by atoms with E-state index in [2.05, 4.69) is 10.2 Å². The first-order valence-electron chi connectivity index (χ1n) is 11.8. The second-order valence-corrected chi connectivity index (χ2v) is 9.58. The van der Waals surface area contributed by atoms with Crippen LogP contribution in [0, 0.1) is 21.3 Å². The standard InChI is InChI=1S/C27H27F4N3O3/c28-23-6-2-4-20(12-23)15-33-10-9-26(18-33,14-19-3-1-5-22(11-19)27(29,30)31)17-32-24-8-7-21(16-35)25(13-24)34(36)37/h1-8,11-13,32,35H,9-10,14-18H2. The quantitative estimate of drug-likeness (QED) is 0.213. The first-order chi connectivity index (χ1) is 17.6. The largest absolute Gasteiger partial charge is 0.416 e. The monoisotopic (exact) mass is 517 g/mol. The van der Waals surface area contributed by atoms with Crippen LogP contribution in [-0.4, -0.2) is 34.6 Å². The van der Waals surface area contributed by atoms with Gasteiger partial charge in [-0.25, -0.2) is 4.39 Å². The van der Waals surface area contributed by atoms with E-state index in [-0.39, 0.29) is 17.1 Å². The summed E-state index contributed by atoms with van der Waals surface area (Å²) in [6, 6.07) is 16.0. The van der Waals surface area contributed by atoms with Crippen molar-refractivity contribution in [2.75, 3.05) is 25.0 Å². The van der Waals surface area contributed by atoms with Gasteiger partial charge in [0, 0.05) is 36.8 Å². The van der Waals surface area contributed by atoms with Gasteiger partial charge in [-0.05, 0) is 60.8 Å². The van der Waals surface area contributed by atoms with Crippen molar-refractivity contribution in [2.24, 2.45) is 5.41 Å². The van der Waals surface area contributed by atoms with Crippen molar-refractivity contribution in [1.29, 1.82) is 0 Å². The molecular formula is C27H27F4N3O3. The van der Waals surface area contributed by atoms with Crippen molar-refractivity contribution >= 4 is 11.4 Å². The fraction of sp³-hybridized carbons (Fsp3) is 0.333. The van der Waals surface area contributed by atoms with E-state index in [1.807, 2.05) is 6.07 Å². The van der Waals surface area contributed by atoms with Crippen LogP contribution in [0.2, 0.25) is 0 Å². The third kappa shape index (κ3) is 6.64. The number of nitro groups is 1. The molecule has 1 saturated heterocycles. The number of rotatable bonds is 9. The van der Waals surface area contributed by atoms with Crippen LogP contribution in [0.3, 0.4) is 0 Å². The maximum absolute atomic E-state index is 13.7. The highest BCUT2D eigenvalue weighted by Gasteiger charge is 2.39. The molecule has 1 atom stereocenters. The molecule has 0 radical (unpaired) electrons. The van der Waals surface area contributed by atoms with Gasteiger partial charge in [0.2, 0.25) is 0 Å². The van der Waals surface area contributed by atoms with E-state index in [4.69, 9.17) is 0 Å². The van der Waals surface area contributed by atoms with Crippen LogP contribution in [0.25, 0.3) is 0 Å². The van der Waals surface area contributed by atoms with Gasteiger partial charge < -0.3 is 10.4 Å². The van der Waals surface area contributed by atoms with E-state index in [0.29, 0.717) is 50.3 Å². The van der Waals surface area contributed by atoms with Gasteiger partial charge in [0.05, 0.1) is 22.7 Å².